The van der Waals surface area contributed by atoms with Gasteiger partial charge in [-0.3, -0.25) is 4.98 Å². The van der Waals surface area contributed by atoms with E-state index in [0.29, 0.717) is 0 Å². The zero-order chi connectivity index (χ0) is 14.2. The summed E-state index contributed by atoms with van der Waals surface area (Å²) in [6.07, 6.45) is 3.73. The minimum atomic E-state index is 0.195. The summed E-state index contributed by atoms with van der Waals surface area (Å²) in [4.78, 5) is 4.24. The minimum absolute atomic E-state index is 0.195. The summed E-state index contributed by atoms with van der Waals surface area (Å²) < 4.78 is 0. The quantitative estimate of drug-likeness (QED) is 0.739. The molecule has 3 aromatic rings. The van der Waals surface area contributed by atoms with Crippen LogP contribution in [0.15, 0.2) is 67.0 Å². The first kappa shape index (κ1) is 12.2. The summed E-state index contributed by atoms with van der Waals surface area (Å²) in [5.41, 5.74) is 7.63. The molecule has 0 spiro atoms. The fraction of sp³-hybridized carbons (Fsp3) is 0.105. The van der Waals surface area contributed by atoms with Gasteiger partial charge in [0.25, 0.3) is 0 Å². The maximum absolute atomic E-state index is 4.24. The van der Waals surface area contributed by atoms with Crippen molar-refractivity contribution in [3.63, 3.8) is 0 Å². The molecule has 0 bridgehead atoms. The van der Waals surface area contributed by atoms with E-state index >= 15 is 0 Å². The van der Waals surface area contributed by atoms with Gasteiger partial charge < -0.3 is 5.32 Å². The molecule has 0 atom stereocenters. The van der Waals surface area contributed by atoms with E-state index < -0.39 is 0 Å². The van der Waals surface area contributed by atoms with Gasteiger partial charge in [0, 0.05) is 6.20 Å². The Balaban J connectivity index is 1.84. The molecule has 0 amide bonds. The van der Waals surface area contributed by atoms with Crippen molar-refractivity contribution in [1.82, 2.24) is 4.98 Å². The van der Waals surface area contributed by atoms with Crippen LogP contribution in [0.5, 0.6) is 0 Å². The number of hydrogen-bond donors (Lipinski definition) is 1. The largest absolute Gasteiger partial charge is 0.373 e. The van der Waals surface area contributed by atoms with Crippen molar-refractivity contribution in [3.05, 3.63) is 83.7 Å². The van der Waals surface area contributed by atoms with Crippen molar-refractivity contribution in [2.75, 3.05) is 5.32 Å². The van der Waals surface area contributed by atoms with Crippen molar-refractivity contribution >= 4 is 5.69 Å². The smallest absolute Gasteiger partial charge is 0.0780 e. The SMILES string of the molecule is Cc1ccncc1NC1c2ccccc2-c2ccccc21. The fourth-order valence-corrected chi connectivity index (χ4v) is 3.08. The van der Waals surface area contributed by atoms with E-state index in [9.17, 15) is 0 Å². The number of nitrogens with one attached hydrogen (secondary N) is 1. The van der Waals surface area contributed by atoms with Crippen LogP contribution < -0.4 is 5.32 Å². The number of fused-ring (bicyclic) bond motifs is 3. The molecule has 0 fully saturated rings. The molecular formula is C19H16N2. The van der Waals surface area contributed by atoms with Crippen molar-refractivity contribution < 1.29 is 0 Å². The Hall–Kier alpha value is -2.61. The maximum atomic E-state index is 4.24. The molecule has 102 valence electrons. The monoisotopic (exact) mass is 272 g/mol. The highest BCUT2D eigenvalue weighted by Gasteiger charge is 2.27. The van der Waals surface area contributed by atoms with E-state index in [-0.39, 0.29) is 6.04 Å². The zero-order valence-electron chi connectivity index (χ0n) is 11.9. The van der Waals surface area contributed by atoms with Crippen LogP contribution in [0.25, 0.3) is 11.1 Å². The molecule has 21 heavy (non-hydrogen) atoms. The Kier molecular flexibility index (Phi) is 2.74. The molecule has 2 aromatic carbocycles. The van der Waals surface area contributed by atoms with E-state index in [1.165, 1.54) is 27.8 Å². The topological polar surface area (TPSA) is 24.9 Å². The number of anilines is 1. The molecule has 1 N–H and O–H groups in total. The van der Waals surface area contributed by atoms with Crippen LogP contribution in [-0.4, -0.2) is 4.98 Å². The van der Waals surface area contributed by atoms with Crippen LogP contribution in [0, 0.1) is 6.92 Å². The van der Waals surface area contributed by atoms with Gasteiger partial charge in [0.05, 0.1) is 17.9 Å². The standard InChI is InChI=1S/C19H16N2/c1-13-10-11-20-12-18(13)21-19-16-8-4-2-6-14(16)15-7-3-5-9-17(15)19/h2-12,19,21H,1H3. The number of benzene rings is 2. The third-order valence-corrected chi connectivity index (χ3v) is 4.17. The zero-order valence-corrected chi connectivity index (χ0v) is 11.9. The molecule has 1 heterocycles. The Morgan fingerprint density at radius 2 is 1.48 bits per heavy atom. The average Bonchev–Trinajstić information content (AvgIpc) is 2.85. The predicted molar refractivity (Wildman–Crippen MR) is 86.3 cm³/mol. The van der Waals surface area contributed by atoms with Crippen molar-refractivity contribution in [3.8, 4) is 11.1 Å². The Morgan fingerprint density at radius 1 is 0.857 bits per heavy atom. The number of pyridine rings is 1. The van der Waals surface area contributed by atoms with E-state index in [1.54, 1.807) is 0 Å². The first-order valence-electron chi connectivity index (χ1n) is 7.20. The van der Waals surface area contributed by atoms with Gasteiger partial charge in [-0.1, -0.05) is 48.5 Å². The van der Waals surface area contributed by atoms with Crippen molar-refractivity contribution in [1.29, 1.82) is 0 Å². The third kappa shape index (κ3) is 1.91. The number of aromatic nitrogens is 1. The second-order valence-electron chi connectivity index (χ2n) is 5.44. The van der Waals surface area contributed by atoms with E-state index in [2.05, 4.69) is 65.8 Å². The second-order valence-corrected chi connectivity index (χ2v) is 5.44. The van der Waals surface area contributed by atoms with Gasteiger partial charge in [0.15, 0.2) is 0 Å². The summed E-state index contributed by atoms with van der Waals surface area (Å²) in [6.45, 7) is 2.11. The van der Waals surface area contributed by atoms with Crippen molar-refractivity contribution in [2.24, 2.45) is 0 Å². The molecule has 1 aliphatic carbocycles. The number of hydrogen-bond acceptors (Lipinski definition) is 2. The lowest BCUT2D eigenvalue weighted by Gasteiger charge is -2.18. The molecule has 0 radical (unpaired) electrons. The van der Waals surface area contributed by atoms with Crippen LogP contribution in [0.2, 0.25) is 0 Å². The van der Waals surface area contributed by atoms with Gasteiger partial charge in [-0.2, -0.15) is 0 Å². The minimum Gasteiger partial charge on any atom is -0.373 e. The van der Waals surface area contributed by atoms with Gasteiger partial charge in [0.1, 0.15) is 0 Å². The molecule has 0 saturated carbocycles. The highest BCUT2D eigenvalue weighted by Crippen LogP contribution is 2.44. The Labute approximate surface area is 124 Å². The fourth-order valence-electron chi connectivity index (χ4n) is 3.08. The summed E-state index contributed by atoms with van der Waals surface area (Å²) in [7, 11) is 0. The van der Waals surface area contributed by atoms with Crippen LogP contribution in [0.3, 0.4) is 0 Å². The molecule has 4 rings (SSSR count). The first-order chi connectivity index (χ1) is 10.3. The lowest BCUT2D eigenvalue weighted by atomic mass is 10.0. The van der Waals surface area contributed by atoms with Crippen molar-refractivity contribution in [2.45, 2.75) is 13.0 Å². The first-order valence-corrected chi connectivity index (χ1v) is 7.20. The van der Waals surface area contributed by atoms with Gasteiger partial charge in [0.2, 0.25) is 0 Å². The van der Waals surface area contributed by atoms with Crippen LogP contribution in [0.1, 0.15) is 22.7 Å². The highest BCUT2D eigenvalue weighted by molar-refractivity contribution is 5.80. The van der Waals surface area contributed by atoms with Gasteiger partial charge in [-0.15, -0.1) is 0 Å². The molecule has 1 aliphatic rings. The molecule has 0 aliphatic heterocycles. The molecule has 1 aromatic heterocycles. The van der Waals surface area contributed by atoms with Crippen LogP contribution >= 0.6 is 0 Å². The average molecular weight is 272 g/mol. The number of aryl methyl sites for hydroxylation is 1. The highest BCUT2D eigenvalue weighted by atomic mass is 14.9. The summed E-state index contributed by atoms with van der Waals surface area (Å²) >= 11 is 0. The lowest BCUT2D eigenvalue weighted by molar-refractivity contribution is 0.966. The maximum Gasteiger partial charge on any atom is 0.0780 e. The Morgan fingerprint density at radius 3 is 2.10 bits per heavy atom. The summed E-state index contributed by atoms with van der Waals surface area (Å²) in [6, 6.07) is 19.5. The van der Waals surface area contributed by atoms with Gasteiger partial charge in [-0.25, -0.2) is 0 Å². The molecule has 2 heteroatoms. The normalized spacial score (nSPS) is 12.8. The molecular weight excluding hydrogens is 256 g/mol. The van der Waals surface area contributed by atoms with E-state index in [4.69, 9.17) is 0 Å². The summed E-state index contributed by atoms with van der Waals surface area (Å²) in [5, 5.41) is 3.66. The van der Waals surface area contributed by atoms with E-state index in [0.717, 1.165) is 5.69 Å². The summed E-state index contributed by atoms with van der Waals surface area (Å²) in [5.74, 6) is 0. The number of nitrogens with zero attached hydrogens (tertiary/aromatic N) is 1. The molecule has 2 nitrogen and oxygen atoms in total. The van der Waals surface area contributed by atoms with Crippen LogP contribution in [-0.2, 0) is 0 Å². The lowest BCUT2D eigenvalue weighted by Crippen LogP contribution is -2.10. The second kappa shape index (κ2) is 4.74. The Bertz CT molecular complexity index is 762. The predicted octanol–water partition coefficient (Wildman–Crippen LogP) is 4.57. The molecule has 0 unspecified atom stereocenters. The number of rotatable bonds is 2. The van der Waals surface area contributed by atoms with Gasteiger partial charge in [-0.05, 0) is 40.8 Å². The molecule has 0 saturated heterocycles. The van der Waals surface area contributed by atoms with E-state index in [1.807, 2.05) is 18.5 Å². The third-order valence-electron chi connectivity index (χ3n) is 4.17. The van der Waals surface area contributed by atoms with Crippen LogP contribution in [0.4, 0.5) is 5.69 Å². The van der Waals surface area contributed by atoms with Gasteiger partial charge >= 0.3 is 0 Å².